The lowest BCUT2D eigenvalue weighted by atomic mass is 9.97. The van der Waals surface area contributed by atoms with Crippen molar-refractivity contribution in [2.75, 3.05) is 18.6 Å². The molecule has 2 aromatic carbocycles. The first kappa shape index (κ1) is 23.4. The van der Waals surface area contributed by atoms with Gasteiger partial charge in [0.1, 0.15) is 0 Å². The van der Waals surface area contributed by atoms with E-state index < -0.39 is 0 Å². The van der Waals surface area contributed by atoms with Crippen LogP contribution >= 0.6 is 0 Å². The normalized spacial score (nSPS) is 13.4. The first-order valence-electron chi connectivity index (χ1n) is 11.2. The number of hydrogen-bond donors (Lipinski definition) is 0. The Kier molecular flexibility index (Phi) is 8.33. The summed E-state index contributed by atoms with van der Waals surface area (Å²) < 4.78 is 11.8. The molecule has 5 nitrogen and oxygen atoms in total. The van der Waals surface area contributed by atoms with Crippen LogP contribution in [0.4, 0.5) is 5.69 Å². The Hall–Kier alpha value is -3.26. The van der Waals surface area contributed by atoms with Gasteiger partial charge in [-0.2, -0.15) is 0 Å². The van der Waals surface area contributed by atoms with Gasteiger partial charge in [0.25, 0.3) is 0 Å². The third-order valence-electron chi connectivity index (χ3n) is 5.87. The summed E-state index contributed by atoms with van der Waals surface area (Å²) in [4.78, 5) is 25.4. The minimum absolute atomic E-state index is 0.000514. The molecule has 3 rings (SSSR count). The third-order valence-corrected chi connectivity index (χ3v) is 5.87. The van der Waals surface area contributed by atoms with Crippen molar-refractivity contribution in [1.82, 2.24) is 0 Å². The number of ketones is 1. The second-order valence-corrected chi connectivity index (χ2v) is 8.07. The molecule has 1 fully saturated rings. The molecule has 1 aliphatic rings. The van der Waals surface area contributed by atoms with Crippen molar-refractivity contribution >= 4 is 17.9 Å². The lowest BCUT2D eigenvalue weighted by Crippen LogP contribution is -2.28. The summed E-state index contributed by atoms with van der Waals surface area (Å²) in [5, 5.41) is 0. The van der Waals surface area contributed by atoms with Gasteiger partial charge in [0, 0.05) is 18.4 Å². The average molecular weight is 434 g/mol. The van der Waals surface area contributed by atoms with Crippen molar-refractivity contribution in [2.24, 2.45) is 0 Å². The van der Waals surface area contributed by atoms with Gasteiger partial charge in [-0.3, -0.25) is 9.59 Å². The van der Waals surface area contributed by atoms with E-state index >= 15 is 0 Å². The number of nitrogens with zero attached hydrogens (tertiary/aromatic N) is 1. The smallest absolute Gasteiger partial charge is 0.214 e. The highest BCUT2D eigenvalue weighted by atomic mass is 16.5. The molecule has 0 atom stereocenters. The maximum Gasteiger partial charge on any atom is 0.214 e. The molecular weight excluding hydrogens is 402 g/mol. The summed E-state index contributed by atoms with van der Waals surface area (Å²) in [6.45, 7) is 1.84. The molecule has 2 aromatic rings. The van der Waals surface area contributed by atoms with Gasteiger partial charge < -0.3 is 14.4 Å². The molecular formula is C27H31NO4. The van der Waals surface area contributed by atoms with Crippen LogP contribution in [0.2, 0.25) is 0 Å². The van der Waals surface area contributed by atoms with Gasteiger partial charge in [0.2, 0.25) is 6.41 Å². The number of carbonyl (C=O) groups is 2. The van der Waals surface area contributed by atoms with Crippen LogP contribution in [0.25, 0.3) is 11.1 Å². The van der Waals surface area contributed by atoms with Gasteiger partial charge in [-0.05, 0) is 67.5 Å². The fraction of sp³-hybridized carbons (Fsp3) is 0.407. The largest absolute Gasteiger partial charge is 0.493 e. The first-order chi connectivity index (χ1) is 15.6. The van der Waals surface area contributed by atoms with Crippen molar-refractivity contribution < 1.29 is 19.1 Å². The average Bonchev–Trinajstić information content (AvgIpc) is 3.34. The van der Waals surface area contributed by atoms with E-state index in [0.717, 1.165) is 36.0 Å². The zero-order valence-corrected chi connectivity index (χ0v) is 18.9. The molecule has 0 aromatic heterocycles. The number of benzene rings is 2. The van der Waals surface area contributed by atoms with Gasteiger partial charge in [0.05, 0.1) is 25.4 Å². The van der Waals surface area contributed by atoms with Crippen molar-refractivity contribution in [3.8, 4) is 35.0 Å². The van der Waals surface area contributed by atoms with Crippen molar-refractivity contribution in [3.63, 3.8) is 0 Å². The summed E-state index contributed by atoms with van der Waals surface area (Å²) in [5.41, 5.74) is 3.51. The van der Waals surface area contributed by atoms with Crippen LogP contribution in [-0.2, 0) is 16.0 Å². The molecule has 1 saturated carbocycles. The van der Waals surface area contributed by atoms with Crippen LogP contribution in [0.15, 0.2) is 36.4 Å². The highest BCUT2D eigenvalue weighted by molar-refractivity contribution is 5.94. The molecule has 1 amide bonds. The number of anilines is 1. The zero-order valence-electron chi connectivity index (χ0n) is 18.9. The molecule has 0 N–H and O–H groups in total. The number of Topliss-reactive ketones (excluding diaryl/α,β-unsaturated/α-hetero) is 1. The summed E-state index contributed by atoms with van der Waals surface area (Å²) in [7, 11) is 1.63. The summed E-state index contributed by atoms with van der Waals surface area (Å²) in [6.07, 6.45) is 12.5. The zero-order chi connectivity index (χ0) is 22.9. The Morgan fingerprint density at radius 2 is 1.97 bits per heavy atom. The molecule has 168 valence electrons. The van der Waals surface area contributed by atoms with Gasteiger partial charge in [0.15, 0.2) is 17.3 Å². The van der Waals surface area contributed by atoms with Crippen LogP contribution in [0.5, 0.6) is 11.5 Å². The van der Waals surface area contributed by atoms with Crippen molar-refractivity contribution in [2.45, 2.75) is 58.0 Å². The monoisotopic (exact) mass is 433 g/mol. The predicted molar refractivity (Wildman–Crippen MR) is 127 cm³/mol. The molecule has 0 heterocycles. The van der Waals surface area contributed by atoms with E-state index in [2.05, 4.69) is 5.92 Å². The van der Waals surface area contributed by atoms with Gasteiger partial charge in [-0.1, -0.05) is 19.1 Å². The molecule has 0 saturated heterocycles. The minimum atomic E-state index is -0.000514. The van der Waals surface area contributed by atoms with E-state index in [0.29, 0.717) is 36.4 Å². The Balaban J connectivity index is 2.05. The standard InChI is InChI=1S/C27H31NO4/c1-4-6-9-20-12-14-25(28(19-29)18-22(30)5-2)24(16-20)21-13-15-26(31-3)27(17-21)32-23-10-7-8-11-23/h1,12-17,19,23H,5-11,18H2,2-3H3. The van der Waals surface area contributed by atoms with Gasteiger partial charge in [-0.15, -0.1) is 12.3 Å². The number of ether oxygens (including phenoxy) is 2. The number of rotatable bonds is 11. The first-order valence-corrected chi connectivity index (χ1v) is 11.2. The van der Waals surface area contributed by atoms with E-state index in [-0.39, 0.29) is 18.4 Å². The van der Waals surface area contributed by atoms with E-state index in [1.807, 2.05) is 36.4 Å². The van der Waals surface area contributed by atoms with Crippen LogP contribution in [0.1, 0.15) is 51.0 Å². The van der Waals surface area contributed by atoms with E-state index in [9.17, 15) is 9.59 Å². The quantitative estimate of drug-likeness (QED) is 0.361. The maximum atomic E-state index is 12.1. The van der Waals surface area contributed by atoms with Crippen LogP contribution in [0, 0.1) is 12.3 Å². The van der Waals surface area contributed by atoms with E-state index in [1.165, 1.54) is 17.7 Å². The summed E-state index contributed by atoms with van der Waals surface area (Å²) in [6, 6.07) is 11.7. The Bertz CT molecular complexity index is 986. The molecule has 0 aliphatic heterocycles. The molecule has 0 unspecified atom stereocenters. The topological polar surface area (TPSA) is 55.8 Å². The number of amides is 1. The number of aryl methyl sites for hydroxylation is 1. The Morgan fingerprint density at radius 3 is 2.62 bits per heavy atom. The fourth-order valence-electron chi connectivity index (χ4n) is 4.04. The highest BCUT2D eigenvalue weighted by Crippen LogP contribution is 2.39. The van der Waals surface area contributed by atoms with Gasteiger partial charge in [-0.25, -0.2) is 0 Å². The predicted octanol–water partition coefficient (Wildman–Crippen LogP) is 5.19. The minimum Gasteiger partial charge on any atom is -0.493 e. The SMILES string of the molecule is C#CCCc1ccc(N(C=O)CC(=O)CC)c(-c2ccc(OC)c(OC3CCCC3)c2)c1. The van der Waals surface area contributed by atoms with Crippen LogP contribution < -0.4 is 14.4 Å². The summed E-state index contributed by atoms with van der Waals surface area (Å²) >= 11 is 0. The van der Waals surface area contributed by atoms with E-state index in [4.69, 9.17) is 15.9 Å². The molecule has 0 radical (unpaired) electrons. The Labute approximate surface area is 190 Å². The molecule has 1 aliphatic carbocycles. The van der Waals surface area contributed by atoms with Crippen molar-refractivity contribution in [3.05, 3.63) is 42.0 Å². The molecule has 32 heavy (non-hydrogen) atoms. The molecule has 5 heteroatoms. The van der Waals surface area contributed by atoms with E-state index in [1.54, 1.807) is 14.0 Å². The van der Waals surface area contributed by atoms with Crippen LogP contribution in [-0.4, -0.2) is 32.0 Å². The lowest BCUT2D eigenvalue weighted by Gasteiger charge is -2.22. The second-order valence-electron chi connectivity index (χ2n) is 8.07. The lowest BCUT2D eigenvalue weighted by molar-refractivity contribution is -0.118. The third kappa shape index (κ3) is 5.70. The number of hydrogen-bond acceptors (Lipinski definition) is 4. The number of carbonyl (C=O) groups excluding carboxylic acids is 2. The second kappa shape index (κ2) is 11.4. The highest BCUT2D eigenvalue weighted by Gasteiger charge is 2.21. The molecule has 0 bridgehead atoms. The number of terminal acetylenes is 1. The Morgan fingerprint density at radius 1 is 1.19 bits per heavy atom. The fourth-order valence-corrected chi connectivity index (χ4v) is 4.04. The number of methoxy groups -OCH3 is 1. The summed E-state index contributed by atoms with van der Waals surface area (Å²) in [5.74, 6) is 4.05. The van der Waals surface area contributed by atoms with Crippen molar-refractivity contribution in [1.29, 1.82) is 0 Å². The van der Waals surface area contributed by atoms with Gasteiger partial charge >= 0.3 is 0 Å². The molecule has 0 spiro atoms. The maximum absolute atomic E-state index is 12.1. The van der Waals surface area contributed by atoms with Crippen LogP contribution in [0.3, 0.4) is 0 Å².